The molecule has 0 heterocycles. The van der Waals surface area contributed by atoms with Crippen molar-refractivity contribution in [1.29, 1.82) is 5.26 Å². The predicted octanol–water partition coefficient (Wildman–Crippen LogP) is 10.2. The Morgan fingerprint density at radius 1 is 0.594 bits per heavy atom. The van der Waals surface area contributed by atoms with E-state index in [0.29, 0.717) is 5.92 Å². The van der Waals surface area contributed by atoms with Gasteiger partial charge in [-0.15, -0.1) is 0 Å². The summed E-state index contributed by atoms with van der Waals surface area (Å²) in [6.07, 6.45) is 30.9. The molecule has 0 amide bonds. The van der Waals surface area contributed by atoms with E-state index in [9.17, 15) is 5.26 Å². The van der Waals surface area contributed by atoms with Gasteiger partial charge in [0.2, 0.25) is 0 Å². The van der Waals surface area contributed by atoms with Crippen molar-refractivity contribution < 1.29 is 0 Å². The van der Waals surface area contributed by atoms with Crippen LogP contribution in [0.4, 0.5) is 0 Å². The van der Waals surface area contributed by atoms with Crippen LogP contribution in [0.5, 0.6) is 0 Å². The molecule has 3 rings (SSSR count). The minimum atomic E-state index is 0.0416. The first-order chi connectivity index (χ1) is 15.7. The van der Waals surface area contributed by atoms with E-state index in [1.54, 1.807) is 0 Å². The maximum absolute atomic E-state index is 10.3. The minimum absolute atomic E-state index is 0.0416. The van der Waals surface area contributed by atoms with Gasteiger partial charge in [-0.25, -0.2) is 0 Å². The van der Waals surface area contributed by atoms with Crippen LogP contribution in [-0.4, -0.2) is 0 Å². The molecule has 3 saturated carbocycles. The quantitative estimate of drug-likeness (QED) is 0.276. The first-order valence-corrected chi connectivity index (χ1v) is 15.1. The number of unbranched alkanes of at least 4 members (excludes halogenated alkanes) is 6. The number of rotatable bonds is 12. The van der Waals surface area contributed by atoms with Gasteiger partial charge in [0.15, 0.2) is 0 Å². The third-order valence-electron chi connectivity index (χ3n) is 10.3. The van der Waals surface area contributed by atoms with Crippen LogP contribution < -0.4 is 0 Å². The summed E-state index contributed by atoms with van der Waals surface area (Å²) in [4.78, 5) is 0. The van der Waals surface area contributed by atoms with Gasteiger partial charge in [-0.05, 0) is 81.0 Å². The Morgan fingerprint density at radius 3 is 1.69 bits per heavy atom. The fourth-order valence-electron chi connectivity index (χ4n) is 7.90. The van der Waals surface area contributed by atoms with Gasteiger partial charge in [0.25, 0.3) is 0 Å². The molecule has 0 aliphatic heterocycles. The zero-order chi connectivity index (χ0) is 22.7. The molecule has 3 aliphatic carbocycles. The lowest BCUT2D eigenvalue weighted by molar-refractivity contribution is 0.0601. The van der Waals surface area contributed by atoms with Crippen molar-refractivity contribution in [2.45, 2.75) is 155 Å². The third kappa shape index (κ3) is 7.50. The van der Waals surface area contributed by atoms with Crippen molar-refractivity contribution in [3.05, 3.63) is 0 Å². The van der Waals surface area contributed by atoms with Crippen LogP contribution in [0.3, 0.4) is 0 Å². The summed E-state index contributed by atoms with van der Waals surface area (Å²) in [7, 11) is 0. The highest BCUT2D eigenvalue weighted by atomic mass is 14.5. The average Bonchev–Trinajstić information content (AvgIpc) is 2.85. The molecule has 0 aromatic rings. The second-order valence-corrected chi connectivity index (χ2v) is 12.3. The summed E-state index contributed by atoms with van der Waals surface area (Å²) in [5.41, 5.74) is 0.0416. The van der Waals surface area contributed by atoms with E-state index in [1.165, 1.54) is 141 Å². The van der Waals surface area contributed by atoms with Crippen molar-refractivity contribution in [1.82, 2.24) is 0 Å². The molecule has 184 valence electrons. The molecule has 32 heavy (non-hydrogen) atoms. The van der Waals surface area contributed by atoms with Crippen LogP contribution in [0.25, 0.3) is 0 Å². The molecule has 0 aromatic heterocycles. The van der Waals surface area contributed by atoms with Crippen molar-refractivity contribution >= 4 is 0 Å². The van der Waals surface area contributed by atoms with Gasteiger partial charge in [-0.2, -0.15) is 5.26 Å². The van der Waals surface area contributed by atoms with E-state index in [1.807, 2.05) is 0 Å². The second kappa shape index (κ2) is 14.0. The van der Waals surface area contributed by atoms with E-state index in [4.69, 9.17) is 0 Å². The van der Waals surface area contributed by atoms with Gasteiger partial charge in [0.05, 0.1) is 11.5 Å². The molecule has 0 radical (unpaired) electrons. The van der Waals surface area contributed by atoms with Gasteiger partial charge < -0.3 is 0 Å². The van der Waals surface area contributed by atoms with Crippen molar-refractivity contribution in [2.75, 3.05) is 0 Å². The average molecular weight is 442 g/mol. The van der Waals surface area contributed by atoms with E-state index < -0.39 is 0 Å². The number of nitriles is 1. The van der Waals surface area contributed by atoms with Gasteiger partial charge in [0, 0.05) is 0 Å². The molecule has 3 aliphatic rings. The molecular formula is C31H55N. The summed E-state index contributed by atoms with van der Waals surface area (Å²) < 4.78 is 0. The summed E-state index contributed by atoms with van der Waals surface area (Å²) in [5.74, 6) is 4.62. The number of hydrogen-bond acceptors (Lipinski definition) is 1. The van der Waals surface area contributed by atoms with Crippen molar-refractivity contribution in [3.63, 3.8) is 0 Å². The Bertz CT molecular complexity index is 521. The molecule has 0 atom stereocenters. The second-order valence-electron chi connectivity index (χ2n) is 12.3. The maximum atomic E-state index is 10.3. The Morgan fingerprint density at radius 2 is 1.09 bits per heavy atom. The van der Waals surface area contributed by atoms with Crippen LogP contribution in [0.15, 0.2) is 0 Å². The molecule has 0 bridgehead atoms. The fourth-order valence-corrected chi connectivity index (χ4v) is 7.90. The highest BCUT2D eigenvalue weighted by Gasteiger charge is 2.44. The molecular weight excluding hydrogens is 386 g/mol. The molecule has 3 fully saturated rings. The van der Waals surface area contributed by atoms with Crippen LogP contribution in [0.1, 0.15) is 155 Å². The topological polar surface area (TPSA) is 23.8 Å². The summed E-state index contributed by atoms with van der Waals surface area (Å²) in [5, 5.41) is 10.3. The third-order valence-corrected chi connectivity index (χ3v) is 10.3. The summed E-state index contributed by atoms with van der Waals surface area (Å²) >= 11 is 0. The van der Waals surface area contributed by atoms with Crippen LogP contribution in [0.2, 0.25) is 0 Å². The first-order valence-electron chi connectivity index (χ1n) is 15.1. The molecule has 0 unspecified atom stereocenters. The van der Waals surface area contributed by atoms with Crippen LogP contribution in [0, 0.1) is 46.3 Å². The van der Waals surface area contributed by atoms with E-state index in [0.717, 1.165) is 23.7 Å². The highest BCUT2D eigenvalue weighted by molar-refractivity contribution is 5.06. The minimum Gasteiger partial charge on any atom is -0.198 e. The smallest absolute Gasteiger partial charge is 0.0692 e. The van der Waals surface area contributed by atoms with E-state index in [2.05, 4.69) is 19.9 Å². The largest absolute Gasteiger partial charge is 0.198 e. The molecule has 1 heteroatoms. The summed E-state index contributed by atoms with van der Waals surface area (Å²) in [6.45, 7) is 4.63. The van der Waals surface area contributed by atoms with Gasteiger partial charge >= 0.3 is 0 Å². The summed E-state index contributed by atoms with van der Waals surface area (Å²) in [6, 6.07) is 2.93. The lowest BCUT2D eigenvalue weighted by Gasteiger charge is -2.46. The Labute approximate surface area is 201 Å². The zero-order valence-corrected chi connectivity index (χ0v) is 21.9. The van der Waals surface area contributed by atoms with Crippen molar-refractivity contribution in [2.24, 2.45) is 35.0 Å². The predicted molar refractivity (Wildman–Crippen MR) is 138 cm³/mol. The highest BCUT2D eigenvalue weighted by Crippen LogP contribution is 2.52. The number of hydrogen-bond donors (Lipinski definition) is 0. The Balaban J connectivity index is 1.35. The lowest BCUT2D eigenvalue weighted by Crippen LogP contribution is -2.38. The normalized spacial score (nSPS) is 36.0. The van der Waals surface area contributed by atoms with Gasteiger partial charge in [-0.3, -0.25) is 0 Å². The molecule has 0 spiro atoms. The van der Waals surface area contributed by atoms with E-state index >= 15 is 0 Å². The van der Waals surface area contributed by atoms with Crippen LogP contribution >= 0.6 is 0 Å². The molecule has 0 saturated heterocycles. The zero-order valence-electron chi connectivity index (χ0n) is 21.9. The molecule has 0 N–H and O–H groups in total. The van der Waals surface area contributed by atoms with Crippen LogP contribution in [-0.2, 0) is 0 Å². The first kappa shape index (κ1) is 26.1. The monoisotopic (exact) mass is 441 g/mol. The van der Waals surface area contributed by atoms with E-state index in [-0.39, 0.29) is 5.41 Å². The SMILES string of the molecule is CCCCCCCCC1CCC([C@]2(C#N)CC[C@@H](C3CCC(CCCC)CC3)CC2)CC1. The van der Waals surface area contributed by atoms with Gasteiger partial charge in [0.1, 0.15) is 0 Å². The van der Waals surface area contributed by atoms with Crippen molar-refractivity contribution in [3.8, 4) is 6.07 Å². The Kier molecular flexibility index (Phi) is 11.4. The standard InChI is InChI=1S/C31H55N/c1-3-5-7-8-9-10-12-27-15-19-30(20-16-27)31(25-32)23-21-29(22-24-31)28-17-13-26(14-18-28)11-6-4-2/h26-30H,3-24H2,1-2H3/t26?,27?,28?,29-,30?,31-. The Hall–Kier alpha value is -0.510. The lowest BCUT2D eigenvalue weighted by atomic mass is 9.57. The molecule has 1 nitrogen and oxygen atoms in total. The number of nitrogens with zero attached hydrogens (tertiary/aromatic N) is 1. The van der Waals surface area contributed by atoms with Gasteiger partial charge in [-0.1, -0.05) is 104 Å². The fraction of sp³-hybridized carbons (Fsp3) is 0.968. The molecule has 0 aromatic carbocycles. The maximum Gasteiger partial charge on any atom is 0.0692 e.